The number of nitrogen functional groups attached to an aromatic ring is 1. The van der Waals surface area contributed by atoms with Gasteiger partial charge in [-0.3, -0.25) is 4.79 Å². The highest BCUT2D eigenvalue weighted by atomic mass is 16.5. The van der Waals surface area contributed by atoms with Crippen LogP contribution in [0.3, 0.4) is 0 Å². The SMILES string of the molecule is CC(C)c1nc(N)cc(Oc2ccccc2C(N)=O)n1. The Morgan fingerprint density at radius 2 is 1.95 bits per heavy atom. The van der Waals surface area contributed by atoms with Crippen molar-refractivity contribution < 1.29 is 9.53 Å². The van der Waals surface area contributed by atoms with Crippen LogP contribution in [0.2, 0.25) is 0 Å². The lowest BCUT2D eigenvalue weighted by atomic mass is 10.2. The minimum Gasteiger partial charge on any atom is -0.438 e. The zero-order chi connectivity index (χ0) is 14.7. The molecule has 0 radical (unpaired) electrons. The fourth-order valence-corrected chi connectivity index (χ4v) is 1.64. The van der Waals surface area contributed by atoms with Gasteiger partial charge in [0.2, 0.25) is 5.88 Å². The van der Waals surface area contributed by atoms with Crippen molar-refractivity contribution in [3.8, 4) is 11.6 Å². The van der Waals surface area contributed by atoms with Gasteiger partial charge in [-0.2, -0.15) is 4.98 Å². The van der Waals surface area contributed by atoms with Gasteiger partial charge in [0.25, 0.3) is 5.91 Å². The van der Waals surface area contributed by atoms with Crippen molar-refractivity contribution in [2.75, 3.05) is 5.73 Å². The molecule has 0 aliphatic carbocycles. The number of carbonyl (C=O) groups excluding carboxylic acids is 1. The van der Waals surface area contributed by atoms with Crippen molar-refractivity contribution in [1.29, 1.82) is 0 Å². The second kappa shape index (κ2) is 5.56. The zero-order valence-corrected chi connectivity index (χ0v) is 11.3. The smallest absolute Gasteiger partial charge is 0.252 e. The summed E-state index contributed by atoms with van der Waals surface area (Å²) < 4.78 is 5.61. The molecule has 20 heavy (non-hydrogen) atoms. The van der Waals surface area contributed by atoms with Crippen molar-refractivity contribution in [3.63, 3.8) is 0 Å². The first kappa shape index (κ1) is 13.8. The van der Waals surface area contributed by atoms with Gasteiger partial charge < -0.3 is 16.2 Å². The van der Waals surface area contributed by atoms with E-state index in [0.29, 0.717) is 17.4 Å². The summed E-state index contributed by atoms with van der Waals surface area (Å²) in [6, 6.07) is 8.19. The number of aromatic nitrogens is 2. The summed E-state index contributed by atoms with van der Waals surface area (Å²) in [5.41, 5.74) is 11.3. The van der Waals surface area contributed by atoms with Gasteiger partial charge in [-0.15, -0.1) is 0 Å². The Morgan fingerprint density at radius 1 is 1.25 bits per heavy atom. The molecule has 0 aliphatic rings. The normalized spacial score (nSPS) is 10.6. The number of nitrogens with zero attached hydrogens (tertiary/aromatic N) is 2. The predicted molar refractivity (Wildman–Crippen MR) is 75.6 cm³/mol. The highest BCUT2D eigenvalue weighted by Gasteiger charge is 2.12. The van der Waals surface area contributed by atoms with Crippen LogP contribution >= 0.6 is 0 Å². The molecule has 1 aromatic carbocycles. The molecule has 2 aromatic rings. The molecule has 4 N–H and O–H groups in total. The first-order valence-corrected chi connectivity index (χ1v) is 6.18. The van der Waals surface area contributed by atoms with Gasteiger partial charge in [0.15, 0.2) is 0 Å². The number of para-hydroxylation sites is 1. The number of amides is 1. The Bertz CT molecular complexity index is 641. The predicted octanol–water partition coefficient (Wildman–Crippen LogP) is 2.07. The number of benzene rings is 1. The van der Waals surface area contributed by atoms with Crippen LogP contribution in [0.4, 0.5) is 5.82 Å². The average molecular weight is 272 g/mol. The molecule has 1 aromatic heterocycles. The molecular weight excluding hydrogens is 256 g/mol. The Labute approximate surface area is 116 Å². The minimum absolute atomic E-state index is 0.118. The molecule has 6 heteroatoms. The second-order valence-corrected chi connectivity index (χ2v) is 4.61. The van der Waals surface area contributed by atoms with Crippen molar-refractivity contribution in [1.82, 2.24) is 9.97 Å². The Balaban J connectivity index is 2.38. The molecule has 2 rings (SSSR count). The van der Waals surface area contributed by atoms with E-state index in [-0.39, 0.29) is 17.4 Å². The fourth-order valence-electron chi connectivity index (χ4n) is 1.64. The van der Waals surface area contributed by atoms with E-state index < -0.39 is 5.91 Å². The third-order valence-electron chi connectivity index (χ3n) is 2.62. The van der Waals surface area contributed by atoms with Crippen molar-refractivity contribution in [2.45, 2.75) is 19.8 Å². The molecule has 0 spiro atoms. The monoisotopic (exact) mass is 272 g/mol. The minimum atomic E-state index is -0.563. The molecule has 0 atom stereocenters. The first-order chi connectivity index (χ1) is 9.47. The third kappa shape index (κ3) is 3.03. The number of nitrogens with two attached hydrogens (primary N) is 2. The summed E-state index contributed by atoms with van der Waals surface area (Å²) in [5.74, 6) is 1.08. The van der Waals surface area contributed by atoms with E-state index in [0.717, 1.165) is 0 Å². The quantitative estimate of drug-likeness (QED) is 0.886. The van der Waals surface area contributed by atoms with Crippen LogP contribution < -0.4 is 16.2 Å². The number of hydrogen-bond acceptors (Lipinski definition) is 5. The summed E-state index contributed by atoms with van der Waals surface area (Å²) in [6.45, 7) is 3.91. The zero-order valence-electron chi connectivity index (χ0n) is 11.3. The number of carbonyl (C=O) groups is 1. The second-order valence-electron chi connectivity index (χ2n) is 4.61. The molecule has 0 saturated heterocycles. The van der Waals surface area contributed by atoms with Gasteiger partial charge in [-0.1, -0.05) is 26.0 Å². The summed E-state index contributed by atoms with van der Waals surface area (Å²) in [6.07, 6.45) is 0. The van der Waals surface area contributed by atoms with Crippen LogP contribution in [0.25, 0.3) is 0 Å². The lowest BCUT2D eigenvalue weighted by Gasteiger charge is -2.11. The number of rotatable bonds is 4. The van der Waals surface area contributed by atoms with E-state index >= 15 is 0 Å². The maximum absolute atomic E-state index is 11.3. The van der Waals surface area contributed by atoms with E-state index in [9.17, 15) is 4.79 Å². The Kier molecular flexibility index (Phi) is 3.84. The number of primary amides is 1. The van der Waals surface area contributed by atoms with Crippen LogP contribution in [0.15, 0.2) is 30.3 Å². The molecule has 6 nitrogen and oxygen atoms in total. The maximum atomic E-state index is 11.3. The molecule has 1 heterocycles. The molecule has 104 valence electrons. The highest BCUT2D eigenvalue weighted by Crippen LogP contribution is 2.25. The summed E-state index contributed by atoms with van der Waals surface area (Å²) in [4.78, 5) is 19.7. The molecule has 0 bridgehead atoms. The van der Waals surface area contributed by atoms with Crippen LogP contribution in [0, 0.1) is 0 Å². The largest absolute Gasteiger partial charge is 0.438 e. The molecule has 0 unspecified atom stereocenters. The lowest BCUT2D eigenvalue weighted by molar-refractivity contribution is 0.0998. The standard InChI is InChI=1S/C14H16N4O2/c1-8(2)14-17-11(15)7-12(18-14)20-10-6-4-3-5-9(10)13(16)19/h3-8H,1-2H3,(H2,16,19)(H2,15,17,18). The van der Waals surface area contributed by atoms with Crippen LogP contribution in [-0.2, 0) is 0 Å². The van der Waals surface area contributed by atoms with E-state index in [1.807, 2.05) is 13.8 Å². The maximum Gasteiger partial charge on any atom is 0.252 e. The van der Waals surface area contributed by atoms with E-state index in [2.05, 4.69) is 9.97 Å². The molecule has 0 aliphatic heterocycles. The first-order valence-electron chi connectivity index (χ1n) is 6.18. The van der Waals surface area contributed by atoms with Gasteiger partial charge in [-0.05, 0) is 12.1 Å². The van der Waals surface area contributed by atoms with E-state index in [1.165, 1.54) is 6.07 Å². The van der Waals surface area contributed by atoms with Gasteiger partial charge in [0.1, 0.15) is 17.4 Å². The van der Waals surface area contributed by atoms with Gasteiger partial charge in [0, 0.05) is 12.0 Å². The molecule has 1 amide bonds. The van der Waals surface area contributed by atoms with Crippen molar-refractivity contribution in [3.05, 3.63) is 41.7 Å². The summed E-state index contributed by atoms with van der Waals surface area (Å²) in [7, 11) is 0. The van der Waals surface area contributed by atoms with Crippen LogP contribution in [0.1, 0.15) is 35.9 Å². The van der Waals surface area contributed by atoms with Crippen LogP contribution in [0.5, 0.6) is 11.6 Å². The number of anilines is 1. The Hall–Kier alpha value is -2.63. The number of hydrogen-bond donors (Lipinski definition) is 2. The van der Waals surface area contributed by atoms with Crippen molar-refractivity contribution >= 4 is 11.7 Å². The molecule has 0 saturated carbocycles. The average Bonchev–Trinajstić information content (AvgIpc) is 2.38. The summed E-state index contributed by atoms with van der Waals surface area (Å²) in [5, 5.41) is 0. The molecular formula is C14H16N4O2. The van der Waals surface area contributed by atoms with Crippen molar-refractivity contribution in [2.24, 2.45) is 5.73 Å². The Morgan fingerprint density at radius 3 is 2.60 bits per heavy atom. The van der Waals surface area contributed by atoms with E-state index in [1.54, 1.807) is 24.3 Å². The van der Waals surface area contributed by atoms with Gasteiger partial charge >= 0.3 is 0 Å². The third-order valence-corrected chi connectivity index (χ3v) is 2.62. The van der Waals surface area contributed by atoms with Gasteiger partial charge in [0.05, 0.1) is 5.56 Å². The van der Waals surface area contributed by atoms with Gasteiger partial charge in [-0.25, -0.2) is 4.98 Å². The van der Waals surface area contributed by atoms with Crippen LogP contribution in [-0.4, -0.2) is 15.9 Å². The highest BCUT2D eigenvalue weighted by molar-refractivity contribution is 5.95. The molecule has 0 fully saturated rings. The lowest BCUT2D eigenvalue weighted by Crippen LogP contribution is -2.12. The number of ether oxygens (including phenoxy) is 1. The topological polar surface area (TPSA) is 104 Å². The summed E-state index contributed by atoms with van der Waals surface area (Å²) >= 11 is 0. The van der Waals surface area contributed by atoms with E-state index in [4.69, 9.17) is 16.2 Å². The fraction of sp³-hybridized carbons (Fsp3) is 0.214.